The Morgan fingerprint density at radius 1 is 1.24 bits per heavy atom. The van der Waals surface area contributed by atoms with Crippen molar-refractivity contribution < 1.29 is 18.0 Å². The number of rotatable bonds is 3. The van der Waals surface area contributed by atoms with Crippen molar-refractivity contribution in [3.63, 3.8) is 0 Å². The van der Waals surface area contributed by atoms with Gasteiger partial charge in [0.1, 0.15) is 0 Å². The van der Waals surface area contributed by atoms with Crippen LogP contribution in [0.3, 0.4) is 0 Å². The molecule has 0 fully saturated rings. The first-order chi connectivity index (χ1) is 9.49. The maximum Gasteiger partial charge on any atom is 0.416 e. The van der Waals surface area contributed by atoms with Gasteiger partial charge in [-0.05, 0) is 30.0 Å². The molecule has 1 unspecified atom stereocenters. The third kappa shape index (κ3) is 6.06. The molecule has 0 radical (unpaired) electrons. The molecular weight excluding hydrogens is 281 g/mol. The van der Waals surface area contributed by atoms with Gasteiger partial charge in [-0.25, -0.2) is 4.79 Å². The Morgan fingerprint density at radius 2 is 1.86 bits per heavy atom. The third-order valence-electron chi connectivity index (χ3n) is 2.84. The summed E-state index contributed by atoms with van der Waals surface area (Å²) < 4.78 is 37.9. The predicted octanol–water partition coefficient (Wildman–Crippen LogP) is 4.11. The lowest BCUT2D eigenvalue weighted by Gasteiger charge is -2.21. The number of benzene rings is 1. The van der Waals surface area contributed by atoms with Crippen LogP contribution in [0.15, 0.2) is 24.3 Å². The van der Waals surface area contributed by atoms with Crippen molar-refractivity contribution in [2.24, 2.45) is 5.41 Å². The molecule has 0 saturated heterocycles. The van der Waals surface area contributed by atoms with Crippen LogP contribution >= 0.6 is 0 Å². The molecule has 0 aromatic heterocycles. The molecule has 1 aromatic rings. The summed E-state index contributed by atoms with van der Waals surface area (Å²) in [6.07, 6.45) is -4.38. The van der Waals surface area contributed by atoms with Crippen molar-refractivity contribution >= 4 is 6.03 Å². The second-order valence-electron chi connectivity index (χ2n) is 6.23. The lowest BCUT2D eigenvalue weighted by atomic mass is 9.97. The average molecular weight is 302 g/mol. The summed E-state index contributed by atoms with van der Waals surface area (Å²) in [6, 6.07) is 4.06. The van der Waals surface area contributed by atoms with Crippen molar-refractivity contribution in [1.82, 2.24) is 10.6 Å². The Kier molecular flexibility index (Phi) is 5.25. The molecular formula is C15H21F3N2O. The number of halogens is 3. The van der Waals surface area contributed by atoms with E-state index in [-0.39, 0.29) is 5.41 Å². The van der Waals surface area contributed by atoms with Crippen LogP contribution in [-0.2, 0) is 6.18 Å². The number of carbonyl (C=O) groups excluding carboxylic acids is 1. The SMILES string of the molecule is CC(NC(=O)NCC(C)(C)C)c1cccc(C(F)(F)F)c1. The van der Waals surface area contributed by atoms with Gasteiger partial charge in [0, 0.05) is 6.54 Å². The minimum Gasteiger partial charge on any atom is -0.338 e. The average Bonchev–Trinajstić information content (AvgIpc) is 2.34. The number of hydrogen-bond donors (Lipinski definition) is 2. The van der Waals surface area contributed by atoms with Crippen molar-refractivity contribution in [2.75, 3.05) is 6.54 Å². The monoisotopic (exact) mass is 302 g/mol. The van der Waals surface area contributed by atoms with E-state index in [9.17, 15) is 18.0 Å². The largest absolute Gasteiger partial charge is 0.416 e. The van der Waals surface area contributed by atoms with Gasteiger partial charge in [0.05, 0.1) is 11.6 Å². The third-order valence-corrected chi connectivity index (χ3v) is 2.84. The lowest BCUT2D eigenvalue weighted by Crippen LogP contribution is -2.40. The molecule has 1 rings (SSSR count). The standard InChI is InChI=1S/C15H21F3N2O/c1-10(20-13(21)19-9-14(2,3)4)11-6-5-7-12(8-11)15(16,17)18/h5-8,10H,9H2,1-4H3,(H2,19,20,21). The molecule has 1 aromatic carbocycles. The first kappa shape index (κ1) is 17.3. The molecule has 0 aliphatic carbocycles. The molecule has 118 valence electrons. The van der Waals surface area contributed by atoms with Gasteiger partial charge in [-0.1, -0.05) is 32.9 Å². The van der Waals surface area contributed by atoms with Gasteiger partial charge in [-0.15, -0.1) is 0 Å². The molecule has 0 spiro atoms. The van der Waals surface area contributed by atoms with Crippen LogP contribution in [0, 0.1) is 5.41 Å². The second-order valence-corrected chi connectivity index (χ2v) is 6.23. The summed E-state index contributed by atoms with van der Waals surface area (Å²) in [5.41, 5.74) is -0.365. The Hall–Kier alpha value is -1.72. The first-order valence-corrected chi connectivity index (χ1v) is 6.70. The summed E-state index contributed by atoms with van der Waals surface area (Å²) >= 11 is 0. The highest BCUT2D eigenvalue weighted by atomic mass is 19.4. The highest BCUT2D eigenvalue weighted by Gasteiger charge is 2.30. The highest BCUT2D eigenvalue weighted by molar-refractivity contribution is 5.74. The van der Waals surface area contributed by atoms with Crippen LogP contribution < -0.4 is 10.6 Å². The fraction of sp³-hybridized carbons (Fsp3) is 0.533. The number of hydrogen-bond acceptors (Lipinski definition) is 1. The van der Waals surface area contributed by atoms with E-state index in [2.05, 4.69) is 10.6 Å². The Morgan fingerprint density at radius 3 is 2.38 bits per heavy atom. The number of nitrogens with one attached hydrogen (secondary N) is 2. The molecule has 21 heavy (non-hydrogen) atoms. The smallest absolute Gasteiger partial charge is 0.338 e. The van der Waals surface area contributed by atoms with Gasteiger partial charge in [0.2, 0.25) is 0 Å². The second kappa shape index (κ2) is 6.37. The lowest BCUT2D eigenvalue weighted by molar-refractivity contribution is -0.137. The summed E-state index contributed by atoms with van der Waals surface area (Å²) in [5, 5.41) is 5.33. The summed E-state index contributed by atoms with van der Waals surface area (Å²) in [5.74, 6) is 0. The van der Waals surface area contributed by atoms with Gasteiger partial charge in [0.25, 0.3) is 0 Å². The van der Waals surface area contributed by atoms with Crippen LogP contribution in [0.25, 0.3) is 0 Å². The Labute approximate surface area is 122 Å². The molecule has 0 aliphatic rings. The zero-order valence-electron chi connectivity index (χ0n) is 12.6. The van der Waals surface area contributed by atoms with Crippen LogP contribution in [0.5, 0.6) is 0 Å². The molecule has 0 bridgehead atoms. The topological polar surface area (TPSA) is 41.1 Å². The zero-order valence-corrected chi connectivity index (χ0v) is 12.6. The fourth-order valence-corrected chi connectivity index (χ4v) is 1.66. The quantitative estimate of drug-likeness (QED) is 0.866. The van der Waals surface area contributed by atoms with Crippen molar-refractivity contribution in [3.05, 3.63) is 35.4 Å². The molecule has 0 saturated carbocycles. The molecule has 6 heteroatoms. The number of carbonyl (C=O) groups is 1. The number of alkyl halides is 3. The Bertz CT molecular complexity index is 492. The van der Waals surface area contributed by atoms with Gasteiger partial charge >= 0.3 is 12.2 Å². The molecule has 0 heterocycles. The minimum absolute atomic E-state index is 0.0588. The van der Waals surface area contributed by atoms with E-state index in [1.165, 1.54) is 6.07 Å². The van der Waals surface area contributed by atoms with Crippen molar-refractivity contribution in [1.29, 1.82) is 0 Å². The van der Waals surface area contributed by atoms with Crippen LogP contribution in [-0.4, -0.2) is 12.6 Å². The van der Waals surface area contributed by atoms with E-state index in [0.29, 0.717) is 12.1 Å². The maximum atomic E-state index is 12.6. The zero-order chi connectivity index (χ0) is 16.3. The first-order valence-electron chi connectivity index (χ1n) is 6.70. The normalized spacial score (nSPS) is 13.7. The van der Waals surface area contributed by atoms with E-state index < -0.39 is 23.8 Å². The van der Waals surface area contributed by atoms with Gasteiger partial charge in [0.15, 0.2) is 0 Å². The van der Waals surface area contributed by atoms with Crippen LogP contribution in [0.1, 0.15) is 44.9 Å². The van der Waals surface area contributed by atoms with Crippen molar-refractivity contribution in [2.45, 2.75) is 39.9 Å². The highest BCUT2D eigenvalue weighted by Crippen LogP contribution is 2.30. The molecule has 2 N–H and O–H groups in total. The molecule has 2 amide bonds. The maximum absolute atomic E-state index is 12.6. The number of urea groups is 1. The minimum atomic E-state index is -4.38. The summed E-state index contributed by atoms with van der Waals surface area (Å²) in [6.45, 7) is 8.05. The number of amides is 2. The molecule has 0 aliphatic heterocycles. The van der Waals surface area contributed by atoms with E-state index in [0.717, 1.165) is 12.1 Å². The van der Waals surface area contributed by atoms with E-state index in [1.807, 2.05) is 20.8 Å². The van der Waals surface area contributed by atoms with E-state index >= 15 is 0 Å². The van der Waals surface area contributed by atoms with Crippen LogP contribution in [0.4, 0.5) is 18.0 Å². The summed E-state index contributed by atoms with van der Waals surface area (Å²) in [4.78, 5) is 11.7. The van der Waals surface area contributed by atoms with E-state index in [4.69, 9.17) is 0 Å². The fourth-order valence-electron chi connectivity index (χ4n) is 1.66. The molecule has 1 atom stereocenters. The van der Waals surface area contributed by atoms with Crippen LogP contribution in [0.2, 0.25) is 0 Å². The summed E-state index contributed by atoms with van der Waals surface area (Å²) in [7, 11) is 0. The van der Waals surface area contributed by atoms with Gasteiger partial charge in [-0.2, -0.15) is 13.2 Å². The van der Waals surface area contributed by atoms with Gasteiger partial charge < -0.3 is 10.6 Å². The predicted molar refractivity (Wildman–Crippen MR) is 75.8 cm³/mol. The van der Waals surface area contributed by atoms with Gasteiger partial charge in [-0.3, -0.25) is 0 Å². The van der Waals surface area contributed by atoms with Crippen molar-refractivity contribution in [3.8, 4) is 0 Å². The molecule has 3 nitrogen and oxygen atoms in total. The Balaban J connectivity index is 2.68. The van der Waals surface area contributed by atoms with E-state index in [1.54, 1.807) is 13.0 Å².